The van der Waals surface area contributed by atoms with Crippen LogP contribution in [0.5, 0.6) is 0 Å². The minimum Gasteiger partial charge on any atom is -0.445 e. The average molecular weight is 256 g/mol. The summed E-state index contributed by atoms with van der Waals surface area (Å²) >= 11 is 0. The Bertz CT molecular complexity index is 424. The summed E-state index contributed by atoms with van der Waals surface area (Å²) < 4.78 is 37.3. The van der Waals surface area contributed by atoms with Crippen LogP contribution in [0.3, 0.4) is 0 Å². The largest absolute Gasteiger partial charge is 0.509 e. The molecular formula is C12H14BF3NO-. The number of amides is 1. The third-order valence-electron chi connectivity index (χ3n) is 3.18. The van der Waals surface area contributed by atoms with E-state index >= 15 is 0 Å². The highest BCUT2D eigenvalue weighted by atomic mass is 19.4. The molecule has 0 aliphatic carbocycles. The van der Waals surface area contributed by atoms with Crippen molar-refractivity contribution < 1.29 is 17.7 Å². The van der Waals surface area contributed by atoms with E-state index in [2.05, 4.69) is 0 Å². The number of benzene rings is 1. The molecule has 0 spiro atoms. The molecule has 0 atom stereocenters. The fourth-order valence-electron chi connectivity index (χ4n) is 2.12. The Morgan fingerprint density at radius 1 is 1.00 bits per heavy atom. The van der Waals surface area contributed by atoms with Gasteiger partial charge in [0.05, 0.1) is 0 Å². The number of carbonyl (C=O) groups is 1. The number of nitrogens with zero attached hydrogens (tertiary/aromatic N) is 1. The lowest BCUT2D eigenvalue weighted by atomic mass is 9.80. The molecule has 1 fully saturated rings. The molecule has 1 aromatic rings. The second-order valence-corrected chi connectivity index (χ2v) is 4.55. The Hall–Kier alpha value is -1.46. The zero-order valence-electron chi connectivity index (χ0n) is 9.91. The molecule has 0 saturated carbocycles. The average Bonchev–Trinajstić information content (AvgIpc) is 2.38. The highest BCUT2D eigenvalue weighted by Gasteiger charge is 2.25. The van der Waals surface area contributed by atoms with Gasteiger partial charge in [-0.2, -0.15) is 0 Å². The monoisotopic (exact) mass is 256 g/mol. The van der Waals surface area contributed by atoms with E-state index < -0.39 is 12.4 Å². The van der Waals surface area contributed by atoms with E-state index in [1.807, 2.05) is 0 Å². The van der Waals surface area contributed by atoms with Crippen molar-refractivity contribution in [1.82, 2.24) is 4.90 Å². The quantitative estimate of drug-likeness (QED) is 0.744. The standard InChI is InChI=1S/C12H14BF3NO/c14-13(15,16)11-6-4-10(5-7-11)12(18)17-8-2-1-3-9-17/h4-7H,1-3,8-9H2/q-1. The highest BCUT2D eigenvalue weighted by Crippen LogP contribution is 2.14. The van der Waals surface area contributed by atoms with Gasteiger partial charge in [0.1, 0.15) is 0 Å². The maximum Gasteiger partial charge on any atom is 0.509 e. The summed E-state index contributed by atoms with van der Waals surface area (Å²) in [5.41, 5.74) is -0.328. The number of carbonyl (C=O) groups excluding carboxylic acids is 1. The number of likely N-dealkylation sites (tertiary alicyclic amines) is 1. The van der Waals surface area contributed by atoms with Crippen LogP contribution in [0.2, 0.25) is 0 Å². The zero-order valence-corrected chi connectivity index (χ0v) is 9.91. The molecule has 1 saturated heterocycles. The summed E-state index contributed by atoms with van der Waals surface area (Å²) in [7, 11) is 0. The minimum atomic E-state index is -4.98. The molecular weight excluding hydrogens is 242 g/mol. The maximum absolute atomic E-state index is 12.4. The minimum absolute atomic E-state index is 0.170. The summed E-state index contributed by atoms with van der Waals surface area (Å²) in [5, 5.41) is 0. The van der Waals surface area contributed by atoms with E-state index in [4.69, 9.17) is 0 Å². The van der Waals surface area contributed by atoms with Crippen LogP contribution >= 0.6 is 0 Å². The molecule has 18 heavy (non-hydrogen) atoms. The highest BCUT2D eigenvalue weighted by molar-refractivity contribution is 6.73. The van der Waals surface area contributed by atoms with Crippen molar-refractivity contribution in [2.24, 2.45) is 0 Å². The van der Waals surface area contributed by atoms with Crippen LogP contribution in [-0.2, 0) is 0 Å². The number of piperidine rings is 1. The van der Waals surface area contributed by atoms with Gasteiger partial charge in [0.25, 0.3) is 5.91 Å². The van der Waals surface area contributed by atoms with Gasteiger partial charge >= 0.3 is 6.98 Å². The lowest BCUT2D eigenvalue weighted by Crippen LogP contribution is -2.37. The molecule has 2 nitrogen and oxygen atoms in total. The Morgan fingerprint density at radius 3 is 2.06 bits per heavy atom. The molecule has 0 aromatic heterocycles. The summed E-state index contributed by atoms with van der Waals surface area (Å²) in [5.74, 6) is -0.170. The van der Waals surface area contributed by atoms with Gasteiger partial charge in [-0.15, -0.1) is 5.46 Å². The Morgan fingerprint density at radius 2 is 1.56 bits per heavy atom. The van der Waals surface area contributed by atoms with Crippen molar-refractivity contribution in [1.29, 1.82) is 0 Å². The van der Waals surface area contributed by atoms with Gasteiger partial charge in [-0.25, -0.2) is 0 Å². The predicted octanol–water partition coefficient (Wildman–Crippen LogP) is 2.37. The Balaban J connectivity index is 2.11. The predicted molar refractivity (Wildman–Crippen MR) is 64.9 cm³/mol. The molecule has 1 aliphatic heterocycles. The van der Waals surface area contributed by atoms with E-state index in [-0.39, 0.29) is 5.91 Å². The van der Waals surface area contributed by atoms with E-state index in [1.54, 1.807) is 4.90 Å². The molecule has 0 bridgehead atoms. The van der Waals surface area contributed by atoms with Gasteiger partial charge in [-0.05, 0) is 19.3 Å². The van der Waals surface area contributed by atoms with E-state index in [1.165, 1.54) is 12.1 Å². The van der Waals surface area contributed by atoms with Gasteiger partial charge in [0.2, 0.25) is 0 Å². The summed E-state index contributed by atoms with van der Waals surface area (Å²) in [6.45, 7) is -3.59. The molecule has 0 radical (unpaired) electrons. The van der Waals surface area contributed by atoms with Crippen LogP contribution in [0.25, 0.3) is 0 Å². The number of halogens is 3. The first-order valence-electron chi connectivity index (χ1n) is 6.07. The zero-order chi connectivity index (χ0) is 13.2. The first-order chi connectivity index (χ1) is 8.48. The first-order valence-corrected chi connectivity index (χ1v) is 6.07. The van der Waals surface area contributed by atoms with Crippen molar-refractivity contribution in [3.05, 3.63) is 29.8 Å². The molecule has 6 heteroatoms. The molecule has 0 N–H and O–H groups in total. The van der Waals surface area contributed by atoms with Crippen LogP contribution in [0.4, 0.5) is 12.9 Å². The molecule has 1 aliphatic rings. The van der Waals surface area contributed by atoms with Crippen LogP contribution in [0.15, 0.2) is 24.3 Å². The van der Waals surface area contributed by atoms with Gasteiger partial charge < -0.3 is 17.8 Å². The first kappa shape index (κ1) is 13.0. The molecule has 1 heterocycles. The van der Waals surface area contributed by atoms with Crippen molar-refractivity contribution in [2.45, 2.75) is 19.3 Å². The summed E-state index contributed by atoms with van der Waals surface area (Å²) in [6, 6.07) is 4.50. The topological polar surface area (TPSA) is 20.3 Å². The van der Waals surface area contributed by atoms with E-state index in [0.717, 1.165) is 31.4 Å². The Labute approximate surface area is 104 Å². The molecule has 1 amide bonds. The van der Waals surface area contributed by atoms with Crippen molar-refractivity contribution in [3.63, 3.8) is 0 Å². The fourth-order valence-corrected chi connectivity index (χ4v) is 2.12. The Kier molecular flexibility index (Phi) is 3.64. The van der Waals surface area contributed by atoms with Gasteiger partial charge in [-0.1, -0.05) is 24.3 Å². The molecule has 98 valence electrons. The molecule has 1 aromatic carbocycles. The number of hydrogen-bond donors (Lipinski definition) is 0. The third kappa shape index (κ3) is 2.86. The second-order valence-electron chi connectivity index (χ2n) is 4.55. The number of hydrogen-bond acceptors (Lipinski definition) is 1. The lowest BCUT2D eigenvalue weighted by Gasteiger charge is -2.27. The molecule has 2 rings (SSSR count). The van der Waals surface area contributed by atoms with Crippen LogP contribution in [-0.4, -0.2) is 30.9 Å². The normalized spacial score (nSPS) is 16.7. The second kappa shape index (κ2) is 5.04. The van der Waals surface area contributed by atoms with Crippen molar-refractivity contribution >= 4 is 18.3 Å². The summed E-state index contributed by atoms with van der Waals surface area (Å²) in [6.07, 6.45) is 3.05. The van der Waals surface area contributed by atoms with Gasteiger partial charge in [0, 0.05) is 18.7 Å². The van der Waals surface area contributed by atoms with Crippen molar-refractivity contribution in [3.8, 4) is 0 Å². The van der Waals surface area contributed by atoms with Crippen LogP contribution in [0.1, 0.15) is 29.6 Å². The van der Waals surface area contributed by atoms with E-state index in [9.17, 15) is 17.7 Å². The third-order valence-corrected chi connectivity index (χ3v) is 3.18. The maximum atomic E-state index is 12.4. The fraction of sp³-hybridized carbons (Fsp3) is 0.417. The number of rotatable bonds is 2. The van der Waals surface area contributed by atoms with E-state index in [0.29, 0.717) is 18.7 Å². The van der Waals surface area contributed by atoms with Gasteiger partial charge in [-0.3, -0.25) is 4.79 Å². The van der Waals surface area contributed by atoms with Crippen molar-refractivity contribution in [2.75, 3.05) is 13.1 Å². The van der Waals surface area contributed by atoms with Crippen LogP contribution in [0, 0.1) is 0 Å². The lowest BCUT2D eigenvalue weighted by molar-refractivity contribution is 0.0724. The van der Waals surface area contributed by atoms with Gasteiger partial charge in [0.15, 0.2) is 0 Å². The summed E-state index contributed by atoms with van der Waals surface area (Å²) in [4.78, 5) is 13.7. The smallest absolute Gasteiger partial charge is 0.445 e. The SMILES string of the molecule is O=C(c1ccc([B-](F)(F)F)cc1)N1CCCCC1. The molecule has 0 unspecified atom stereocenters. The van der Waals surface area contributed by atoms with Crippen LogP contribution < -0.4 is 5.46 Å².